The number of aromatic nitrogens is 2. The van der Waals surface area contributed by atoms with E-state index in [0.717, 1.165) is 22.5 Å². The van der Waals surface area contributed by atoms with E-state index in [1.165, 1.54) is 6.08 Å². The number of methoxy groups -OCH3 is 1. The standard InChI is InChI=1S/C22H23N3O3/c1-16-14-25(15-24-16)19-10-8-17(12-21(19)28-2)9-11-22(27)23-13-20(26)18-6-4-3-5-7-18/h3-12,14-15,20,26H,13H2,1-2H3,(H,23,27). The van der Waals surface area contributed by atoms with Gasteiger partial charge in [-0.15, -0.1) is 0 Å². The number of benzene rings is 2. The van der Waals surface area contributed by atoms with Crippen LogP contribution in [0.2, 0.25) is 0 Å². The molecule has 2 aromatic carbocycles. The number of hydrogen-bond donors (Lipinski definition) is 2. The number of amides is 1. The first-order valence-corrected chi connectivity index (χ1v) is 8.95. The number of hydrogen-bond acceptors (Lipinski definition) is 4. The first kappa shape index (κ1) is 19.4. The predicted octanol–water partition coefficient (Wildman–Crippen LogP) is 3.05. The molecule has 28 heavy (non-hydrogen) atoms. The van der Waals surface area contributed by atoms with Crippen molar-refractivity contribution in [3.63, 3.8) is 0 Å². The highest BCUT2D eigenvalue weighted by Gasteiger charge is 2.08. The fourth-order valence-electron chi connectivity index (χ4n) is 2.79. The van der Waals surface area contributed by atoms with Gasteiger partial charge in [0, 0.05) is 18.8 Å². The third-order valence-corrected chi connectivity index (χ3v) is 4.27. The highest BCUT2D eigenvalue weighted by molar-refractivity contribution is 5.91. The van der Waals surface area contributed by atoms with Crippen LogP contribution in [0.4, 0.5) is 0 Å². The monoisotopic (exact) mass is 377 g/mol. The van der Waals surface area contributed by atoms with Gasteiger partial charge in [0.05, 0.1) is 30.9 Å². The maximum Gasteiger partial charge on any atom is 0.244 e. The number of aliphatic hydroxyl groups excluding tert-OH is 1. The molecule has 0 spiro atoms. The molecule has 0 saturated heterocycles. The van der Waals surface area contributed by atoms with Crippen molar-refractivity contribution in [1.82, 2.24) is 14.9 Å². The molecule has 6 nitrogen and oxygen atoms in total. The van der Waals surface area contributed by atoms with Crippen LogP contribution in [-0.4, -0.2) is 34.2 Å². The molecular weight excluding hydrogens is 354 g/mol. The molecule has 3 rings (SSSR count). The topological polar surface area (TPSA) is 76.4 Å². The van der Waals surface area contributed by atoms with Crippen molar-refractivity contribution >= 4 is 12.0 Å². The molecule has 144 valence electrons. The van der Waals surface area contributed by atoms with Crippen molar-refractivity contribution in [3.8, 4) is 11.4 Å². The Morgan fingerprint density at radius 1 is 1.29 bits per heavy atom. The number of carbonyl (C=O) groups is 1. The number of nitrogens with one attached hydrogen (secondary N) is 1. The fraction of sp³-hybridized carbons (Fsp3) is 0.182. The summed E-state index contributed by atoms with van der Waals surface area (Å²) >= 11 is 0. The molecule has 1 atom stereocenters. The zero-order chi connectivity index (χ0) is 19.9. The first-order chi connectivity index (χ1) is 13.6. The minimum Gasteiger partial charge on any atom is -0.495 e. The van der Waals surface area contributed by atoms with Crippen molar-refractivity contribution in [2.45, 2.75) is 13.0 Å². The second kappa shape index (κ2) is 9.01. The van der Waals surface area contributed by atoms with Gasteiger partial charge in [-0.1, -0.05) is 36.4 Å². The molecule has 0 aliphatic heterocycles. The van der Waals surface area contributed by atoms with Crippen LogP contribution in [0.5, 0.6) is 5.75 Å². The van der Waals surface area contributed by atoms with E-state index in [9.17, 15) is 9.90 Å². The van der Waals surface area contributed by atoms with Crippen molar-refractivity contribution in [2.24, 2.45) is 0 Å². The van der Waals surface area contributed by atoms with Gasteiger partial charge in [-0.05, 0) is 36.3 Å². The Labute approximate surface area is 164 Å². The van der Waals surface area contributed by atoms with E-state index in [1.54, 1.807) is 19.5 Å². The zero-order valence-electron chi connectivity index (χ0n) is 15.9. The molecule has 0 bridgehead atoms. The first-order valence-electron chi connectivity index (χ1n) is 8.95. The van der Waals surface area contributed by atoms with E-state index in [0.29, 0.717) is 5.75 Å². The number of aryl methyl sites for hydroxylation is 1. The third-order valence-electron chi connectivity index (χ3n) is 4.27. The van der Waals surface area contributed by atoms with Crippen LogP contribution < -0.4 is 10.1 Å². The van der Waals surface area contributed by atoms with E-state index in [1.807, 2.05) is 66.2 Å². The Kier molecular flexibility index (Phi) is 6.24. The average Bonchev–Trinajstić information content (AvgIpc) is 3.16. The van der Waals surface area contributed by atoms with Crippen LogP contribution in [-0.2, 0) is 4.79 Å². The largest absolute Gasteiger partial charge is 0.495 e. The summed E-state index contributed by atoms with van der Waals surface area (Å²) in [4.78, 5) is 16.3. The van der Waals surface area contributed by atoms with Crippen LogP contribution in [0.25, 0.3) is 11.8 Å². The molecule has 0 aliphatic carbocycles. The Bertz CT molecular complexity index is 964. The second-order valence-corrected chi connectivity index (χ2v) is 6.36. The van der Waals surface area contributed by atoms with Crippen LogP contribution >= 0.6 is 0 Å². The molecule has 1 unspecified atom stereocenters. The molecule has 0 radical (unpaired) electrons. The van der Waals surface area contributed by atoms with E-state index >= 15 is 0 Å². The van der Waals surface area contributed by atoms with E-state index < -0.39 is 6.10 Å². The van der Waals surface area contributed by atoms with Gasteiger partial charge in [-0.2, -0.15) is 0 Å². The third kappa shape index (κ3) is 4.86. The Balaban J connectivity index is 1.62. The minimum absolute atomic E-state index is 0.148. The van der Waals surface area contributed by atoms with Gasteiger partial charge in [0.25, 0.3) is 0 Å². The van der Waals surface area contributed by atoms with E-state index in [4.69, 9.17) is 4.74 Å². The molecule has 2 N–H and O–H groups in total. The molecule has 0 aliphatic rings. The highest BCUT2D eigenvalue weighted by atomic mass is 16.5. The molecule has 6 heteroatoms. The number of carbonyl (C=O) groups excluding carboxylic acids is 1. The summed E-state index contributed by atoms with van der Waals surface area (Å²) < 4.78 is 7.36. The summed E-state index contributed by atoms with van der Waals surface area (Å²) in [6, 6.07) is 14.9. The Morgan fingerprint density at radius 2 is 2.07 bits per heavy atom. The average molecular weight is 377 g/mol. The van der Waals surface area contributed by atoms with Crippen LogP contribution in [0.15, 0.2) is 67.1 Å². The maximum atomic E-state index is 12.0. The highest BCUT2D eigenvalue weighted by Crippen LogP contribution is 2.25. The fourth-order valence-corrected chi connectivity index (χ4v) is 2.79. The SMILES string of the molecule is COc1cc(C=CC(=O)NCC(O)c2ccccc2)ccc1-n1cnc(C)c1. The van der Waals surface area contributed by atoms with Gasteiger partial charge in [-0.3, -0.25) is 4.79 Å². The smallest absolute Gasteiger partial charge is 0.244 e. The van der Waals surface area contributed by atoms with E-state index in [-0.39, 0.29) is 12.5 Å². The molecule has 1 heterocycles. The summed E-state index contributed by atoms with van der Waals surface area (Å²) in [5.41, 5.74) is 3.38. The van der Waals surface area contributed by atoms with Crippen LogP contribution in [0.3, 0.4) is 0 Å². The molecular formula is C22H23N3O3. The number of rotatable bonds is 7. The molecule has 3 aromatic rings. The number of nitrogens with zero attached hydrogens (tertiary/aromatic N) is 2. The molecule has 1 amide bonds. The number of imidazole rings is 1. The van der Waals surface area contributed by atoms with Crippen molar-refractivity contribution < 1.29 is 14.6 Å². The van der Waals surface area contributed by atoms with Crippen LogP contribution in [0, 0.1) is 6.92 Å². The maximum absolute atomic E-state index is 12.0. The lowest BCUT2D eigenvalue weighted by Gasteiger charge is -2.11. The van der Waals surface area contributed by atoms with Crippen LogP contribution in [0.1, 0.15) is 22.9 Å². The van der Waals surface area contributed by atoms with Gasteiger partial charge in [0.15, 0.2) is 0 Å². The van der Waals surface area contributed by atoms with Crippen molar-refractivity contribution in [1.29, 1.82) is 0 Å². The minimum atomic E-state index is -0.739. The normalized spacial score (nSPS) is 12.1. The second-order valence-electron chi connectivity index (χ2n) is 6.36. The van der Waals surface area contributed by atoms with Gasteiger partial charge in [-0.25, -0.2) is 4.98 Å². The lowest BCUT2D eigenvalue weighted by Crippen LogP contribution is -2.26. The van der Waals surface area contributed by atoms with Crippen molar-refractivity contribution in [2.75, 3.05) is 13.7 Å². The quantitative estimate of drug-likeness (QED) is 0.621. The molecule has 0 fully saturated rings. The lowest BCUT2D eigenvalue weighted by molar-refractivity contribution is -0.116. The predicted molar refractivity (Wildman–Crippen MR) is 108 cm³/mol. The summed E-state index contributed by atoms with van der Waals surface area (Å²) in [5.74, 6) is 0.405. The lowest BCUT2D eigenvalue weighted by atomic mass is 10.1. The summed E-state index contributed by atoms with van der Waals surface area (Å²) in [5, 5.41) is 12.8. The van der Waals surface area contributed by atoms with Gasteiger partial charge >= 0.3 is 0 Å². The Morgan fingerprint density at radius 3 is 2.75 bits per heavy atom. The van der Waals surface area contributed by atoms with Gasteiger partial charge in [0.2, 0.25) is 5.91 Å². The van der Waals surface area contributed by atoms with Gasteiger partial charge in [0.1, 0.15) is 5.75 Å². The van der Waals surface area contributed by atoms with E-state index in [2.05, 4.69) is 10.3 Å². The zero-order valence-corrected chi connectivity index (χ0v) is 15.9. The number of aliphatic hydroxyl groups is 1. The number of ether oxygens (including phenoxy) is 1. The van der Waals surface area contributed by atoms with Gasteiger partial charge < -0.3 is 19.7 Å². The summed E-state index contributed by atoms with van der Waals surface area (Å²) in [6.07, 6.45) is 6.05. The summed E-state index contributed by atoms with van der Waals surface area (Å²) in [6.45, 7) is 2.07. The Hall–Kier alpha value is -3.38. The van der Waals surface area contributed by atoms with Crippen molar-refractivity contribution in [3.05, 3.63) is 84.0 Å². The summed E-state index contributed by atoms with van der Waals surface area (Å²) in [7, 11) is 1.60. The molecule has 0 saturated carbocycles. The molecule has 1 aromatic heterocycles.